The highest BCUT2D eigenvalue weighted by Gasteiger charge is 2.40. The van der Waals surface area contributed by atoms with Gasteiger partial charge in [-0.3, -0.25) is 14.5 Å². The van der Waals surface area contributed by atoms with Crippen molar-refractivity contribution in [3.05, 3.63) is 76.8 Å². The molecule has 6 nitrogen and oxygen atoms in total. The van der Waals surface area contributed by atoms with Crippen molar-refractivity contribution in [1.82, 2.24) is 0 Å². The van der Waals surface area contributed by atoms with Crippen LogP contribution >= 0.6 is 0 Å². The van der Waals surface area contributed by atoms with E-state index in [0.29, 0.717) is 0 Å². The maximum absolute atomic E-state index is 14.4. The van der Waals surface area contributed by atoms with Gasteiger partial charge in [-0.05, 0) is 36.9 Å². The van der Waals surface area contributed by atoms with Gasteiger partial charge in [0.2, 0.25) is 5.91 Å². The molecule has 0 bridgehead atoms. The summed E-state index contributed by atoms with van der Waals surface area (Å²) in [6, 6.07) is 9.60. The number of carbonyl (C=O) groups is 3. The van der Waals surface area contributed by atoms with Gasteiger partial charge in [0.25, 0.3) is 0 Å². The van der Waals surface area contributed by atoms with Crippen molar-refractivity contribution >= 4 is 23.3 Å². The average Bonchev–Trinajstić information content (AvgIpc) is 2.87. The molecule has 0 fully saturated rings. The van der Waals surface area contributed by atoms with Crippen LogP contribution in [-0.2, 0) is 9.59 Å². The van der Waals surface area contributed by atoms with Gasteiger partial charge in [0.15, 0.2) is 5.78 Å². The number of rotatable bonds is 4. The second kappa shape index (κ2) is 6.44. The van der Waals surface area contributed by atoms with Crippen molar-refractivity contribution in [1.29, 1.82) is 0 Å². The summed E-state index contributed by atoms with van der Waals surface area (Å²) in [7, 11) is 0. The van der Waals surface area contributed by atoms with Crippen LogP contribution in [0.1, 0.15) is 28.9 Å². The number of anilines is 1. The van der Waals surface area contributed by atoms with E-state index in [-0.39, 0.29) is 22.4 Å². The molecule has 1 amide bonds. The van der Waals surface area contributed by atoms with Gasteiger partial charge < -0.3 is 10.2 Å². The summed E-state index contributed by atoms with van der Waals surface area (Å²) >= 11 is 0. The third kappa shape index (κ3) is 2.73. The number of nitrogens with zero attached hydrogens (tertiary/aromatic N) is 1. The predicted octanol–water partition coefficient (Wildman–Crippen LogP) is 1.82. The number of carboxylic acids is 1. The van der Waals surface area contributed by atoms with E-state index in [4.69, 9.17) is 5.11 Å². The Kier molecular flexibility index (Phi) is 4.29. The molecule has 1 atom stereocenters. The number of Topliss-reactive ketones (excluding diaryl/α,β-unsaturated/α-hetero) is 1. The van der Waals surface area contributed by atoms with E-state index in [9.17, 15) is 23.9 Å². The zero-order valence-corrected chi connectivity index (χ0v) is 13.6. The molecule has 1 heterocycles. The maximum atomic E-state index is 14.4. The smallest absolute Gasteiger partial charge is 0.335 e. The lowest BCUT2D eigenvalue weighted by molar-refractivity contribution is -0.298. The number of carboxylic acid groups (broad SMARTS) is 1. The Morgan fingerprint density at radius 1 is 1.15 bits per heavy atom. The van der Waals surface area contributed by atoms with Crippen LogP contribution in [0.3, 0.4) is 0 Å². The van der Waals surface area contributed by atoms with Gasteiger partial charge in [-0.25, -0.2) is 9.18 Å². The van der Waals surface area contributed by atoms with Gasteiger partial charge in [0.1, 0.15) is 5.82 Å². The zero-order chi connectivity index (χ0) is 19.0. The minimum Gasteiger partial charge on any atom is -0.868 e. The van der Waals surface area contributed by atoms with Crippen molar-refractivity contribution < 1.29 is 29.0 Å². The Hall–Kier alpha value is -3.48. The number of amides is 1. The predicted molar refractivity (Wildman–Crippen MR) is 87.7 cm³/mol. The van der Waals surface area contributed by atoms with Gasteiger partial charge in [0.05, 0.1) is 11.6 Å². The van der Waals surface area contributed by atoms with Crippen LogP contribution in [0.2, 0.25) is 0 Å². The minimum atomic E-state index is -1.25. The van der Waals surface area contributed by atoms with Crippen LogP contribution < -0.4 is 10.0 Å². The Morgan fingerprint density at radius 2 is 1.85 bits per heavy atom. The fourth-order valence-corrected chi connectivity index (χ4v) is 2.99. The summed E-state index contributed by atoms with van der Waals surface area (Å²) in [6.07, 6.45) is 0. The molecule has 1 aliphatic heterocycles. The highest BCUT2D eigenvalue weighted by atomic mass is 19.1. The molecule has 0 spiro atoms. The van der Waals surface area contributed by atoms with Crippen LogP contribution in [0.25, 0.3) is 0 Å². The largest absolute Gasteiger partial charge is 0.868 e. The fraction of sp³-hybridized carbons (Fsp3) is 0.105. The van der Waals surface area contributed by atoms with Crippen LogP contribution in [0.15, 0.2) is 59.9 Å². The lowest BCUT2D eigenvalue weighted by Gasteiger charge is -2.28. The molecule has 7 heteroatoms. The number of hydrogen-bond donors (Lipinski definition) is 1. The first-order valence-corrected chi connectivity index (χ1v) is 7.66. The highest BCUT2D eigenvalue weighted by molar-refractivity contribution is 6.16. The summed E-state index contributed by atoms with van der Waals surface area (Å²) in [6.45, 7) is 1.13. The number of aromatic carboxylic acids is 1. The van der Waals surface area contributed by atoms with Crippen LogP contribution in [0.5, 0.6) is 0 Å². The second-order valence-corrected chi connectivity index (χ2v) is 5.75. The molecular formula is C19H13FNO5-. The normalized spacial score (nSPS) is 16.9. The van der Waals surface area contributed by atoms with Crippen molar-refractivity contribution in [2.24, 2.45) is 0 Å². The lowest BCUT2D eigenvalue weighted by Crippen LogP contribution is -2.32. The third-order valence-corrected chi connectivity index (χ3v) is 4.14. The Balaban J connectivity index is 2.22. The van der Waals surface area contributed by atoms with Gasteiger partial charge in [-0.1, -0.05) is 24.3 Å². The molecule has 1 N–H and O–H groups in total. The number of halogens is 1. The van der Waals surface area contributed by atoms with E-state index in [1.54, 1.807) is 0 Å². The number of benzene rings is 2. The van der Waals surface area contributed by atoms with Crippen molar-refractivity contribution in [3.8, 4) is 0 Å². The molecule has 0 aromatic heterocycles. The molecule has 0 saturated carbocycles. The molecule has 0 aliphatic carbocycles. The molecular weight excluding hydrogens is 341 g/mol. The van der Waals surface area contributed by atoms with E-state index in [1.807, 2.05) is 0 Å². The van der Waals surface area contributed by atoms with E-state index in [0.717, 1.165) is 17.9 Å². The maximum Gasteiger partial charge on any atom is 0.335 e. The molecule has 2 aromatic carbocycles. The van der Waals surface area contributed by atoms with Gasteiger partial charge in [-0.15, -0.1) is 0 Å². The first kappa shape index (κ1) is 17.3. The van der Waals surface area contributed by atoms with E-state index >= 15 is 0 Å². The van der Waals surface area contributed by atoms with Crippen LogP contribution in [0.4, 0.5) is 10.1 Å². The third-order valence-electron chi connectivity index (χ3n) is 4.14. The average molecular weight is 354 g/mol. The molecule has 1 aliphatic rings. The molecule has 3 rings (SSSR count). The fourth-order valence-electron chi connectivity index (χ4n) is 2.99. The quantitative estimate of drug-likeness (QED) is 0.903. The zero-order valence-electron chi connectivity index (χ0n) is 13.6. The molecule has 0 unspecified atom stereocenters. The number of carbonyl (C=O) groups excluding carboxylic acids is 2. The number of ketones is 1. The van der Waals surface area contributed by atoms with Gasteiger partial charge >= 0.3 is 5.97 Å². The minimum absolute atomic E-state index is 0.0161. The topological polar surface area (TPSA) is 97.7 Å². The summed E-state index contributed by atoms with van der Waals surface area (Å²) in [5.41, 5.74) is -0.377. The second-order valence-electron chi connectivity index (χ2n) is 5.75. The summed E-state index contributed by atoms with van der Waals surface area (Å²) in [5, 5.41) is 21.5. The van der Waals surface area contributed by atoms with E-state index in [2.05, 4.69) is 0 Å². The van der Waals surface area contributed by atoms with Crippen molar-refractivity contribution in [3.63, 3.8) is 0 Å². The van der Waals surface area contributed by atoms with Crippen molar-refractivity contribution in [2.75, 3.05) is 4.90 Å². The highest BCUT2D eigenvalue weighted by Crippen LogP contribution is 2.41. The van der Waals surface area contributed by atoms with Crippen LogP contribution in [-0.4, -0.2) is 22.8 Å². The SMILES string of the molecule is CC(=O)C1=C([O-])C(=O)N(c2cccc(C(=O)O)c2)[C@@H]1c1ccccc1F. The Bertz CT molecular complexity index is 966. The molecule has 0 saturated heterocycles. The van der Waals surface area contributed by atoms with Crippen molar-refractivity contribution in [2.45, 2.75) is 13.0 Å². The van der Waals surface area contributed by atoms with Gasteiger partial charge in [0, 0.05) is 16.8 Å². The monoisotopic (exact) mass is 354 g/mol. The Morgan fingerprint density at radius 3 is 2.46 bits per heavy atom. The molecule has 26 heavy (non-hydrogen) atoms. The Labute approximate surface area is 147 Å². The van der Waals surface area contributed by atoms with Crippen LogP contribution in [0, 0.1) is 5.82 Å². The van der Waals surface area contributed by atoms with Gasteiger partial charge in [-0.2, -0.15) is 0 Å². The van der Waals surface area contributed by atoms with E-state index in [1.165, 1.54) is 42.5 Å². The molecule has 0 radical (unpaired) electrons. The number of hydrogen-bond acceptors (Lipinski definition) is 4. The first-order chi connectivity index (χ1) is 12.3. The summed E-state index contributed by atoms with van der Waals surface area (Å²) < 4.78 is 14.4. The standard InChI is InChI=1S/C19H14FNO5/c1-10(22)15-16(13-7-2-3-8-14(13)20)21(18(24)17(15)23)12-6-4-5-11(9-12)19(25)26/h2-9,16,23H,1H3,(H,25,26)/p-1/t16-/m1/s1. The first-order valence-electron chi connectivity index (χ1n) is 7.66. The van der Waals surface area contributed by atoms with E-state index < -0.39 is 35.3 Å². The summed E-state index contributed by atoms with van der Waals surface area (Å²) in [5.74, 6) is -4.58. The molecule has 2 aromatic rings. The lowest BCUT2D eigenvalue weighted by atomic mass is 9.96. The molecule has 132 valence electrons. The summed E-state index contributed by atoms with van der Waals surface area (Å²) in [4.78, 5) is 36.7.